The molecule has 5 nitrogen and oxygen atoms in total. The minimum atomic E-state index is 0.687. The van der Waals surface area contributed by atoms with Crippen molar-refractivity contribution in [2.24, 2.45) is 0 Å². The highest BCUT2D eigenvalue weighted by Gasteiger charge is 2.11. The molecular weight excluding hydrogens is 400 g/mol. The van der Waals surface area contributed by atoms with Gasteiger partial charge in [-0.15, -0.1) is 11.3 Å². The van der Waals surface area contributed by atoms with Gasteiger partial charge in [0.25, 0.3) is 0 Å². The first-order chi connectivity index (χ1) is 14.1. The quantitative estimate of drug-likeness (QED) is 0.405. The van der Waals surface area contributed by atoms with E-state index in [0.717, 1.165) is 22.1 Å². The first kappa shape index (κ1) is 19.4. The van der Waals surface area contributed by atoms with Crippen LogP contribution in [-0.2, 0) is 0 Å². The Labute approximate surface area is 178 Å². The lowest BCUT2D eigenvalue weighted by molar-refractivity contribution is 0.414. The minimum Gasteiger partial charge on any atom is -0.497 e. The van der Waals surface area contributed by atoms with E-state index in [4.69, 9.17) is 9.72 Å². The third-order valence-electron chi connectivity index (χ3n) is 4.34. The van der Waals surface area contributed by atoms with Gasteiger partial charge in [-0.05, 0) is 61.4 Å². The SMILES string of the molecule is COc1ccc(Sc2c(C)cc(-c3csc(Nc4cnccn4)n3)cc2C)cc1. The Morgan fingerprint density at radius 2 is 1.79 bits per heavy atom. The van der Waals surface area contributed by atoms with Crippen molar-refractivity contribution in [1.82, 2.24) is 15.0 Å². The Kier molecular flexibility index (Phi) is 5.78. The molecule has 0 bridgehead atoms. The van der Waals surface area contributed by atoms with E-state index in [-0.39, 0.29) is 0 Å². The topological polar surface area (TPSA) is 59.9 Å². The van der Waals surface area contributed by atoms with Crippen LogP contribution in [0.15, 0.2) is 70.2 Å². The fourth-order valence-electron chi connectivity index (χ4n) is 2.96. The number of rotatable bonds is 6. The highest BCUT2D eigenvalue weighted by Crippen LogP contribution is 2.37. The molecule has 0 radical (unpaired) electrons. The molecule has 7 heteroatoms. The number of hydrogen-bond acceptors (Lipinski definition) is 7. The van der Waals surface area contributed by atoms with Crippen molar-refractivity contribution < 1.29 is 4.74 Å². The number of thiazole rings is 1. The van der Waals surface area contributed by atoms with Gasteiger partial charge in [-0.2, -0.15) is 0 Å². The van der Waals surface area contributed by atoms with E-state index in [1.54, 1.807) is 48.8 Å². The van der Waals surface area contributed by atoms with E-state index in [2.05, 4.69) is 58.8 Å². The van der Waals surface area contributed by atoms with Crippen LogP contribution in [0.2, 0.25) is 0 Å². The molecule has 146 valence electrons. The number of ether oxygens (including phenoxy) is 1. The zero-order chi connectivity index (χ0) is 20.2. The van der Waals surface area contributed by atoms with E-state index in [9.17, 15) is 0 Å². The predicted molar refractivity (Wildman–Crippen MR) is 119 cm³/mol. The molecule has 4 rings (SSSR count). The summed E-state index contributed by atoms with van der Waals surface area (Å²) in [5.41, 5.74) is 4.53. The summed E-state index contributed by atoms with van der Waals surface area (Å²) in [6.45, 7) is 4.29. The van der Waals surface area contributed by atoms with Crippen LogP contribution in [0, 0.1) is 13.8 Å². The second-order valence-electron chi connectivity index (χ2n) is 6.47. The smallest absolute Gasteiger partial charge is 0.188 e. The first-order valence-corrected chi connectivity index (χ1v) is 10.7. The Morgan fingerprint density at radius 1 is 1.03 bits per heavy atom. The van der Waals surface area contributed by atoms with Gasteiger partial charge in [-0.3, -0.25) is 4.98 Å². The number of nitrogens with one attached hydrogen (secondary N) is 1. The molecule has 2 aromatic carbocycles. The molecule has 1 N–H and O–H groups in total. The molecule has 2 aromatic heterocycles. The van der Waals surface area contributed by atoms with Gasteiger partial charge in [0.2, 0.25) is 0 Å². The molecule has 0 atom stereocenters. The molecule has 0 aliphatic heterocycles. The monoisotopic (exact) mass is 420 g/mol. The highest BCUT2D eigenvalue weighted by atomic mass is 32.2. The Balaban J connectivity index is 1.55. The maximum absolute atomic E-state index is 5.24. The average molecular weight is 421 g/mol. The van der Waals surface area contributed by atoms with E-state index >= 15 is 0 Å². The van der Waals surface area contributed by atoms with Gasteiger partial charge in [0, 0.05) is 33.1 Å². The molecule has 29 heavy (non-hydrogen) atoms. The van der Waals surface area contributed by atoms with E-state index in [1.165, 1.54) is 20.9 Å². The predicted octanol–water partition coefficient (Wildman–Crippen LogP) is 6.12. The van der Waals surface area contributed by atoms with Gasteiger partial charge < -0.3 is 10.1 Å². The number of nitrogens with zero attached hydrogens (tertiary/aromatic N) is 3. The summed E-state index contributed by atoms with van der Waals surface area (Å²) in [5, 5.41) is 6.05. The van der Waals surface area contributed by atoms with E-state index < -0.39 is 0 Å². The lowest BCUT2D eigenvalue weighted by Crippen LogP contribution is -1.93. The molecule has 0 saturated heterocycles. The van der Waals surface area contributed by atoms with Gasteiger partial charge in [0.15, 0.2) is 10.9 Å². The third kappa shape index (κ3) is 4.58. The molecule has 4 aromatic rings. The van der Waals surface area contributed by atoms with E-state index in [0.29, 0.717) is 5.82 Å². The summed E-state index contributed by atoms with van der Waals surface area (Å²) in [4.78, 5) is 15.5. The van der Waals surface area contributed by atoms with Gasteiger partial charge in [0.1, 0.15) is 5.75 Å². The maximum atomic E-state index is 5.24. The first-order valence-electron chi connectivity index (χ1n) is 9.04. The number of hydrogen-bond donors (Lipinski definition) is 1. The fourth-order valence-corrected chi connectivity index (χ4v) is 4.63. The minimum absolute atomic E-state index is 0.687. The van der Waals surface area contributed by atoms with Crippen LogP contribution >= 0.6 is 23.1 Å². The fraction of sp³-hybridized carbons (Fsp3) is 0.136. The molecular formula is C22H20N4OS2. The molecule has 0 saturated carbocycles. The summed E-state index contributed by atoms with van der Waals surface area (Å²) >= 11 is 3.32. The zero-order valence-corrected chi connectivity index (χ0v) is 18.0. The second-order valence-corrected chi connectivity index (χ2v) is 8.41. The summed E-state index contributed by atoms with van der Waals surface area (Å²) in [6, 6.07) is 12.5. The molecule has 0 aliphatic carbocycles. The average Bonchev–Trinajstić information content (AvgIpc) is 3.20. The molecule has 0 fully saturated rings. The lowest BCUT2D eigenvalue weighted by Gasteiger charge is -2.12. The van der Waals surface area contributed by atoms with Crippen molar-refractivity contribution in [3.05, 3.63) is 71.5 Å². The molecule has 0 unspecified atom stereocenters. The largest absolute Gasteiger partial charge is 0.497 e. The van der Waals surface area contributed by atoms with Crippen LogP contribution in [0.3, 0.4) is 0 Å². The number of aromatic nitrogens is 3. The summed E-state index contributed by atoms with van der Waals surface area (Å²) < 4.78 is 5.24. The number of benzene rings is 2. The summed E-state index contributed by atoms with van der Waals surface area (Å²) in [5.74, 6) is 1.56. The number of aryl methyl sites for hydroxylation is 2. The van der Waals surface area contributed by atoms with Crippen molar-refractivity contribution in [3.63, 3.8) is 0 Å². The van der Waals surface area contributed by atoms with Crippen LogP contribution in [0.25, 0.3) is 11.3 Å². The lowest BCUT2D eigenvalue weighted by atomic mass is 10.1. The molecule has 0 amide bonds. The van der Waals surface area contributed by atoms with Crippen LogP contribution in [0.1, 0.15) is 11.1 Å². The summed E-state index contributed by atoms with van der Waals surface area (Å²) in [6.07, 6.45) is 4.98. The second kappa shape index (κ2) is 8.63. The van der Waals surface area contributed by atoms with E-state index in [1.807, 2.05) is 12.1 Å². The zero-order valence-electron chi connectivity index (χ0n) is 16.3. The normalized spacial score (nSPS) is 10.7. The van der Waals surface area contributed by atoms with Crippen molar-refractivity contribution in [2.45, 2.75) is 23.6 Å². The van der Waals surface area contributed by atoms with Crippen molar-refractivity contribution in [3.8, 4) is 17.0 Å². The van der Waals surface area contributed by atoms with Crippen molar-refractivity contribution in [1.29, 1.82) is 0 Å². The van der Waals surface area contributed by atoms with Crippen molar-refractivity contribution in [2.75, 3.05) is 12.4 Å². The van der Waals surface area contributed by atoms with Gasteiger partial charge >= 0.3 is 0 Å². The number of methoxy groups -OCH3 is 1. The van der Waals surface area contributed by atoms with Gasteiger partial charge in [-0.1, -0.05) is 11.8 Å². The Bertz CT molecular complexity index is 1090. The van der Waals surface area contributed by atoms with Crippen LogP contribution < -0.4 is 10.1 Å². The van der Waals surface area contributed by atoms with Gasteiger partial charge in [0.05, 0.1) is 19.0 Å². The maximum Gasteiger partial charge on any atom is 0.188 e. The van der Waals surface area contributed by atoms with Crippen molar-refractivity contribution >= 4 is 34.0 Å². The molecule has 0 aliphatic rings. The standard InChI is InChI=1S/C22H20N4OS2/c1-14-10-16(19-13-28-22(25-19)26-20-12-23-8-9-24-20)11-15(2)21(14)29-18-6-4-17(27-3)5-7-18/h4-13H,1-3H3,(H,24,25,26). The molecule has 2 heterocycles. The Hall–Kier alpha value is -2.90. The molecule has 0 spiro atoms. The number of anilines is 2. The van der Waals surface area contributed by atoms with Crippen LogP contribution in [0.5, 0.6) is 5.75 Å². The summed E-state index contributed by atoms with van der Waals surface area (Å²) in [7, 11) is 1.68. The Morgan fingerprint density at radius 3 is 2.45 bits per heavy atom. The van der Waals surface area contributed by atoms with Crippen LogP contribution in [-0.4, -0.2) is 22.1 Å². The van der Waals surface area contributed by atoms with Gasteiger partial charge in [-0.25, -0.2) is 9.97 Å². The highest BCUT2D eigenvalue weighted by molar-refractivity contribution is 7.99. The van der Waals surface area contributed by atoms with Crippen LogP contribution in [0.4, 0.5) is 10.9 Å². The third-order valence-corrected chi connectivity index (χ3v) is 6.45.